The van der Waals surface area contributed by atoms with E-state index in [1.165, 1.54) is 6.42 Å². The Morgan fingerprint density at radius 3 is 2.53 bits per heavy atom. The molecule has 1 N–H and O–H groups in total. The first-order chi connectivity index (χ1) is 15.6. The van der Waals surface area contributed by atoms with Crippen molar-refractivity contribution in [1.82, 2.24) is 10.2 Å². The Bertz CT molecular complexity index is 875. The highest BCUT2D eigenvalue weighted by molar-refractivity contribution is 7.10. The van der Waals surface area contributed by atoms with Crippen LogP contribution in [0.2, 0.25) is 5.02 Å². The molecule has 2 aliphatic rings. The molecule has 1 aliphatic carbocycles. The molecular weight excluding hydrogens is 444 g/mol. The fourth-order valence-corrected chi connectivity index (χ4v) is 5.49. The van der Waals surface area contributed by atoms with Gasteiger partial charge in [-0.05, 0) is 54.8 Å². The number of hydrogen-bond donors (Lipinski definition) is 1. The number of halogens is 1. The van der Waals surface area contributed by atoms with Crippen LogP contribution in [0, 0.1) is 0 Å². The van der Waals surface area contributed by atoms with Crippen molar-refractivity contribution in [3.63, 3.8) is 0 Å². The van der Waals surface area contributed by atoms with Crippen molar-refractivity contribution < 1.29 is 14.3 Å². The number of hydrogen-bond acceptors (Lipinski definition) is 4. The molecule has 2 atom stereocenters. The third kappa shape index (κ3) is 6.12. The standard InChI is InChI=1S/C25H31ClN2O3S/c26-19-12-10-18(11-13-19)24(25(30)27-20-6-2-1-3-7-20)28(17-21-8-4-14-31-21)23(29)16-22-9-5-15-32-22/h5,9-13,15,20-21,24H,1-4,6-8,14,16-17H2,(H,27,30). The third-order valence-corrected chi connectivity index (χ3v) is 7.48. The lowest BCUT2D eigenvalue weighted by Gasteiger charge is -2.34. The van der Waals surface area contributed by atoms with Crippen LogP contribution in [0.1, 0.15) is 61.4 Å². The maximum absolute atomic E-state index is 13.6. The molecule has 0 radical (unpaired) electrons. The lowest BCUT2D eigenvalue weighted by atomic mass is 9.94. The summed E-state index contributed by atoms with van der Waals surface area (Å²) in [6, 6.07) is 10.7. The van der Waals surface area contributed by atoms with E-state index in [9.17, 15) is 9.59 Å². The Morgan fingerprint density at radius 1 is 1.09 bits per heavy atom. The van der Waals surface area contributed by atoms with E-state index in [0.717, 1.165) is 49.0 Å². The maximum Gasteiger partial charge on any atom is 0.247 e. The Balaban J connectivity index is 1.62. The van der Waals surface area contributed by atoms with Crippen molar-refractivity contribution in [2.24, 2.45) is 0 Å². The van der Waals surface area contributed by atoms with Crippen LogP contribution < -0.4 is 5.32 Å². The van der Waals surface area contributed by atoms with Gasteiger partial charge in [-0.2, -0.15) is 0 Å². The van der Waals surface area contributed by atoms with Gasteiger partial charge in [-0.3, -0.25) is 9.59 Å². The molecule has 1 aliphatic heterocycles. The van der Waals surface area contributed by atoms with Gasteiger partial charge in [0.15, 0.2) is 0 Å². The number of nitrogens with zero attached hydrogens (tertiary/aromatic N) is 1. The number of thiophene rings is 1. The predicted molar refractivity (Wildman–Crippen MR) is 128 cm³/mol. The Labute approximate surface area is 199 Å². The summed E-state index contributed by atoms with van der Waals surface area (Å²) in [6.45, 7) is 1.12. The van der Waals surface area contributed by atoms with E-state index in [4.69, 9.17) is 16.3 Å². The molecule has 1 aromatic heterocycles. The topological polar surface area (TPSA) is 58.6 Å². The molecule has 2 heterocycles. The van der Waals surface area contributed by atoms with Crippen LogP contribution in [-0.4, -0.2) is 42.0 Å². The summed E-state index contributed by atoms with van der Waals surface area (Å²) in [6.07, 6.45) is 7.60. The van der Waals surface area contributed by atoms with E-state index in [2.05, 4.69) is 5.32 Å². The van der Waals surface area contributed by atoms with Gasteiger partial charge in [0.25, 0.3) is 0 Å². The van der Waals surface area contributed by atoms with Gasteiger partial charge in [-0.25, -0.2) is 0 Å². The second kappa shape index (κ2) is 11.3. The van der Waals surface area contributed by atoms with Crippen LogP contribution in [0.5, 0.6) is 0 Å². The minimum Gasteiger partial charge on any atom is -0.376 e. The molecule has 2 aromatic rings. The largest absolute Gasteiger partial charge is 0.376 e. The smallest absolute Gasteiger partial charge is 0.247 e. The molecule has 172 valence electrons. The van der Waals surface area contributed by atoms with Gasteiger partial charge in [0.1, 0.15) is 6.04 Å². The van der Waals surface area contributed by atoms with Crippen LogP contribution >= 0.6 is 22.9 Å². The summed E-state index contributed by atoms with van der Waals surface area (Å²) >= 11 is 7.69. The zero-order valence-electron chi connectivity index (χ0n) is 18.3. The van der Waals surface area contributed by atoms with Gasteiger partial charge in [-0.15, -0.1) is 11.3 Å². The molecule has 32 heavy (non-hydrogen) atoms. The van der Waals surface area contributed by atoms with Gasteiger partial charge in [0.2, 0.25) is 11.8 Å². The van der Waals surface area contributed by atoms with E-state index >= 15 is 0 Å². The van der Waals surface area contributed by atoms with Crippen molar-refractivity contribution in [2.45, 2.75) is 69.6 Å². The molecule has 1 saturated heterocycles. The van der Waals surface area contributed by atoms with E-state index in [-0.39, 0.29) is 30.4 Å². The first-order valence-corrected chi connectivity index (χ1v) is 12.8. The molecule has 2 amide bonds. The summed E-state index contributed by atoms with van der Waals surface area (Å²) in [5.74, 6) is -0.168. The predicted octanol–water partition coefficient (Wildman–Crippen LogP) is 5.14. The number of rotatable bonds is 8. The number of nitrogens with one attached hydrogen (secondary N) is 1. The lowest BCUT2D eigenvalue weighted by molar-refractivity contribution is -0.142. The number of carbonyl (C=O) groups excluding carboxylic acids is 2. The highest BCUT2D eigenvalue weighted by atomic mass is 35.5. The van der Waals surface area contributed by atoms with E-state index in [1.807, 2.05) is 29.6 Å². The lowest BCUT2D eigenvalue weighted by Crippen LogP contribution is -2.49. The molecule has 4 rings (SSSR count). The second-order valence-corrected chi connectivity index (χ2v) is 10.2. The molecule has 5 nitrogen and oxygen atoms in total. The highest BCUT2D eigenvalue weighted by Gasteiger charge is 2.35. The molecule has 1 aromatic carbocycles. The Kier molecular flexibility index (Phi) is 8.22. The zero-order chi connectivity index (χ0) is 22.3. The third-order valence-electron chi connectivity index (χ3n) is 6.35. The van der Waals surface area contributed by atoms with Crippen molar-refractivity contribution in [2.75, 3.05) is 13.2 Å². The van der Waals surface area contributed by atoms with Crippen molar-refractivity contribution in [3.8, 4) is 0 Å². The number of ether oxygens (including phenoxy) is 1. The second-order valence-electron chi connectivity index (χ2n) is 8.73. The van der Waals surface area contributed by atoms with Crippen molar-refractivity contribution in [1.29, 1.82) is 0 Å². The molecule has 2 unspecified atom stereocenters. The van der Waals surface area contributed by atoms with E-state index in [0.29, 0.717) is 18.2 Å². The first kappa shape index (κ1) is 23.3. The summed E-state index contributed by atoms with van der Waals surface area (Å²) in [7, 11) is 0. The molecule has 2 fully saturated rings. The monoisotopic (exact) mass is 474 g/mol. The fourth-order valence-electron chi connectivity index (χ4n) is 4.67. The molecular formula is C25H31ClN2O3S. The van der Waals surface area contributed by atoms with Gasteiger partial charge >= 0.3 is 0 Å². The fraction of sp³-hybridized carbons (Fsp3) is 0.520. The first-order valence-electron chi connectivity index (χ1n) is 11.6. The number of benzene rings is 1. The van der Waals surface area contributed by atoms with Crippen molar-refractivity contribution in [3.05, 3.63) is 57.2 Å². The Morgan fingerprint density at radius 2 is 1.88 bits per heavy atom. The maximum atomic E-state index is 13.6. The van der Waals surface area contributed by atoms with Crippen LogP contribution in [0.25, 0.3) is 0 Å². The highest BCUT2D eigenvalue weighted by Crippen LogP contribution is 2.28. The van der Waals surface area contributed by atoms with E-state index in [1.54, 1.807) is 28.4 Å². The molecule has 1 saturated carbocycles. The van der Waals surface area contributed by atoms with E-state index < -0.39 is 6.04 Å². The van der Waals surface area contributed by atoms with Gasteiger partial charge < -0.3 is 15.0 Å². The van der Waals surface area contributed by atoms with Crippen LogP contribution in [0.15, 0.2) is 41.8 Å². The molecule has 7 heteroatoms. The number of amides is 2. The minimum absolute atomic E-state index is 0.0421. The summed E-state index contributed by atoms with van der Waals surface area (Å²) in [5, 5.41) is 5.83. The molecule has 0 spiro atoms. The van der Waals surface area contributed by atoms with Gasteiger partial charge in [-0.1, -0.05) is 49.1 Å². The number of carbonyl (C=O) groups is 2. The summed E-state index contributed by atoms with van der Waals surface area (Å²) in [4.78, 5) is 29.9. The van der Waals surface area contributed by atoms with Crippen molar-refractivity contribution >= 4 is 34.8 Å². The van der Waals surface area contributed by atoms with Gasteiger partial charge in [0.05, 0.1) is 12.5 Å². The minimum atomic E-state index is -0.703. The van der Waals surface area contributed by atoms with Gasteiger partial charge in [0, 0.05) is 29.1 Å². The quantitative estimate of drug-likeness (QED) is 0.576. The average Bonchev–Trinajstić information content (AvgIpc) is 3.49. The average molecular weight is 475 g/mol. The van der Waals surface area contributed by atoms with Crippen LogP contribution in [0.3, 0.4) is 0 Å². The summed E-state index contributed by atoms with van der Waals surface area (Å²) in [5.41, 5.74) is 0.778. The SMILES string of the molecule is O=C(NC1CCCCC1)C(c1ccc(Cl)cc1)N(CC1CCCO1)C(=O)Cc1cccs1. The molecule has 0 bridgehead atoms. The normalized spacial score (nSPS) is 20.1. The van der Waals surface area contributed by atoms with Crippen LogP contribution in [-0.2, 0) is 20.7 Å². The van der Waals surface area contributed by atoms with Crippen LogP contribution in [0.4, 0.5) is 0 Å². The summed E-state index contributed by atoms with van der Waals surface area (Å²) < 4.78 is 5.86. The Hall–Kier alpha value is -1.89. The zero-order valence-corrected chi connectivity index (χ0v) is 19.9.